The number of rotatable bonds is 3. The van der Waals surface area contributed by atoms with Crippen LogP contribution in [0.25, 0.3) is 0 Å². The van der Waals surface area contributed by atoms with Gasteiger partial charge in [-0.15, -0.1) is 0 Å². The predicted octanol–water partition coefficient (Wildman–Crippen LogP) is 1.29. The molecule has 1 aliphatic carbocycles. The molecule has 2 aromatic heterocycles. The summed E-state index contributed by atoms with van der Waals surface area (Å²) in [6.45, 7) is 0.217. The normalized spacial score (nSPS) is 16.4. The van der Waals surface area contributed by atoms with Crippen molar-refractivity contribution in [1.29, 1.82) is 0 Å². The van der Waals surface area contributed by atoms with Gasteiger partial charge in [-0.3, -0.25) is 14.0 Å². The molecule has 0 atom stereocenters. The van der Waals surface area contributed by atoms with Gasteiger partial charge in [0.05, 0.1) is 18.3 Å². The lowest BCUT2D eigenvalue weighted by atomic mass is 9.96. The highest BCUT2D eigenvalue weighted by molar-refractivity contribution is 5.01. The van der Waals surface area contributed by atoms with Gasteiger partial charge < -0.3 is 4.98 Å². The van der Waals surface area contributed by atoms with Crippen LogP contribution in [0.15, 0.2) is 34.1 Å². The van der Waals surface area contributed by atoms with E-state index < -0.39 is 5.69 Å². The van der Waals surface area contributed by atoms with Crippen molar-refractivity contribution in [2.24, 2.45) is 0 Å². The van der Waals surface area contributed by atoms with Crippen LogP contribution in [0.2, 0.25) is 0 Å². The minimum absolute atomic E-state index is 0.217. The summed E-state index contributed by atoms with van der Waals surface area (Å²) in [5.41, 5.74) is 0.0417. The molecule has 0 radical (unpaired) electrons. The molecule has 0 amide bonds. The first-order chi connectivity index (χ1) is 9.74. The maximum atomic E-state index is 11.7. The molecule has 1 N–H and O–H groups in total. The van der Waals surface area contributed by atoms with Crippen LogP contribution in [-0.2, 0) is 6.54 Å². The molecule has 0 spiro atoms. The molecule has 0 saturated heterocycles. The number of hydrogen-bond donors (Lipinski definition) is 1. The zero-order chi connectivity index (χ0) is 13.9. The Morgan fingerprint density at radius 3 is 2.75 bits per heavy atom. The van der Waals surface area contributed by atoms with Gasteiger partial charge >= 0.3 is 5.69 Å². The Bertz CT molecular complexity index is 663. The molecule has 1 saturated carbocycles. The summed E-state index contributed by atoms with van der Waals surface area (Å²) >= 11 is 0. The van der Waals surface area contributed by atoms with E-state index in [2.05, 4.69) is 10.1 Å². The van der Waals surface area contributed by atoms with E-state index in [0.29, 0.717) is 6.04 Å². The molecule has 6 nitrogen and oxygen atoms in total. The van der Waals surface area contributed by atoms with Crippen LogP contribution in [0.5, 0.6) is 0 Å². The zero-order valence-corrected chi connectivity index (χ0v) is 11.3. The van der Waals surface area contributed by atoms with E-state index in [1.807, 2.05) is 16.9 Å². The fraction of sp³-hybridized carbons (Fsp3) is 0.500. The number of aromatic amines is 1. The highest BCUT2D eigenvalue weighted by atomic mass is 16.2. The monoisotopic (exact) mass is 274 g/mol. The lowest BCUT2D eigenvalue weighted by molar-refractivity contribution is 0.327. The molecule has 0 aromatic carbocycles. The summed E-state index contributed by atoms with van der Waals surface area (Å²) in [4.78, 5) is 25.8. The van der Waals surface area contributed by atoms with Crippen LogP contribution < -0.4 is 11.2 Å². The third kappa shape index (κ3) is 2.59. The van der Waals surface area contributed by atoms with Gasteiger partial charge in [-0.25, -0.2) is 4.79 Å². The molecule has 0 unspecified atom stereocenters. The van der Waals surface area contributed by atoms with Crippen molar-refractivity contribution in [3.05, 3.63) is 51.1 Å². The largest absolute Gasteiger partial charge is 0.328 e. The number of nitrogens with one attached hydrogen (secondary N) is 1. The van der Waals surface area contributed by atoms with Gasteiger partial charge in [0.1, 0.15) is 0 Å². The maximum Gasteiger partial charge on any atom is 0.328 e. The lowest BCUT2D eigenvalue weighted by Crippen LogP contribution is -2.34. The van der Waals surface area contributed by atoms with Crippen molar-refractivity contribution in [2.45, 2.75) is 44.7 Å². The highest BCUT2D eigenvalue weighted by Crippen LogP contribution is 2.27. The molecular formula is C14H18N4O2. The molecule has 2 aromatic rings. The Morgan fingerprint density at radius 1 is 1.20 bits per heavy atom. The van der Waals surface area contributed by atoms with Crippen molar-refractivity contribution in [3.63, 3.8) is 0 Å². The van der Waals surface area contributed by atoms with Gasteiger partial charge in [-0.2, -0.15) is 5.10 Å². The zero-order valence-electron chi connectivity index (χ0n) is 11.3. The quantitative estimate of drug-likeness (QED) is 0.916. The van der Waals surface area contributed by atoms with Crippen molar-refractivity contribution in [3.8, 4) is 0 Å². The van der Waals surface area contributed by atoms with Gasteiger partial charge in [0, 0.05) is 18.5 Å². The van der Waals surface area contributed by atoms with Gasteiger partial charge in [-0.1, -0.05) is 19.3 Å². The molecule has 0 aliphatic heterocycles. The minimum Gasteiger partial charge on any atom is -0.314 e. The fourth-order valence-electron chi connectivity index (χ4n) is 2.77. The Kier molecular flexibility index (Phi) is 3.54. The molecule has 106 valence electrons. The summed E-state index contributed by atoms with van der Waals surface area (Å²) in [5, 5.41) is 4.52. The third-order valence-electron chi connectivity index (χ3n) is 3.88. The van der Waals surface area contributed by atoms with E-state index in [9.17, 15) is 9.59 Å². The van der Waals surface area contributed by atoms with E-state index in [0.717, 1.165) is 23.1 Å². The highest BCUT2D eigenvalue weighted by Gasteiger charge is 2.16. The number of nitrogens with zero attached hydrogens (tertiary/aromatic N) is 3. The first kappa shape index (κ1) is 12.9. The summed E-state index contributed by atoms with van der Waals surface area (Å²) in [5.74, 6) is 0. The SMILES string of the molecule is O=c1cc[nH]c(=O)n1Cc1ccn(C2CCCCC2)n1. The van der Waals surface area contributed by atoms with Crippen molar-refractivity contribution in [2.75, 3.05) is 0 Å². The van der Waals surface area contributed by atoms with Crippen molar-refractivity contribution < 1.29 is 0 Å². The van der Waals surface area contributed by atoms with Gasteiger partial charge in [0.2, 0.25) is 0 Å². The summed E-state index contributed by atoms with van der Waals surface area (Å²) in [6.07, 6.45) is 9.43. The van der Waals surface area contributed by atoms with Crippen LogP contribution in [0.4, 0.5) is 0 Å². The van der Waals surface area contributed by atoms with Gasteiger partial charge in [-0.05, 0) is 18.9 Å². The van der Waals surface area contributed by atoms with E-state index in [1.165, 1.54) is 31.5 Å². The maximum absolute atomic E-state index is 11.7. The first-order valence-corrected chi connectivity index (χ1v) is 7.06. The summed E-state index contributed by atoms with van der Waals surface area (Å²) < 4.78 is 3.14. The van der Waals surface area contributed by atoms with Crippen LogP contribution >= 0.6 is 0 Å². The Balaban J connectivity index is 1.80. The molecule has 6 heteroatoms. The van der Waals surface area contributed by atoms with E-state index in [4.69, 9.17) is 0 Å². The Hall–Kier alpha value is -2.11. The van der Waals surface area contributed by atoms with Crippen LogP contribution in [0, 0.1) is 0 Å². The Morgan fingerprint density at radius 2 is 2.00 bits per heavy atom. The number of H-pyrrole nitrogens is 1. The van der Waals surface area contributed by atoms with Gasteiger partial charge in [0.25, 0.3) is 5.56 Å². The van der Waals surface area contributed by atoms with Crippen LogP contribution in [0.3, 0.4) is 0 Å². The summed E-state index contributed by atoms with van der Waals surface area (Å²) in [6, 6.07) is 3.69. The second kappa shape index (κ2) is 5.48. The second-order valence-corrected chi connectivity index (χ2v) is 5.29. The van der Waals surface area contributed by atoms with E-state index in [-0.39, 0.29) is 12.1 Å². The van der Waals surface area contributed by atoms with Crippen LogP contribution in [-0.4, -0.2) is 19.3 Å². The van der Waals surface area contributed by atoms with Crippen molar-refractivity contribution in [1.82, 2.24) is 19.3 Å². The third-order valence-corrected chi connectivity index (χ3v) is 3.88. The standard InChI is InChI=1S/C14H18N4O2/c19-13-6-8-15-14(20)17(13)10-11-7-9-18(16-11)12-4-2-1-3-5-12/h6-9,12H,1-5,10H2,(H,15,20). The summed E-state index contributed by atoms with van der Waals surface area (Å²) in [7, 11) is 0. The molecule has 0 bridgehead atoms. The molecule has 1 fully saturated rings. The first-order valence-electron chi connectivity index (χ1n) is 7.06. The molecule has 1 aliphatic rings. The van der Waals surface area contributed by atoms with Crippen molar-refractivity contribution >= 4 is 0 Å². The van der Waals surface area contributed by atoms with Gasteiger partial charge in [0.15, 0.2) is 0 Å². The minimum atomic E-state index is -0.398. The average Bonchev–Trinajstić information content (AvgIpc) is 2.93. The topological polar surface area (TPSA) is 72.7 Å². The molecular weight excluding hydrogens is 256 g/mol. The fourth-order valence-corrected chi connectivity index (χ4v) is 2.77. The average molecular weight is 274 g/mol. The molecule has 2 heterocycles. The Labute approximate surface area is 116 Å². The van der Waals surface area contributed by atoms with E-state index >= 15 is 0 Å². The van der Waals surface area contributed by atoms with Crippen LogP contribution in [0.1, 0.15) is 43.8 Å². The lowest BCUT2D eigenvalue weighted by Gasteiger charge is -2.21. The molecule has 3 rings (SSSR count). The second-order valence-electron chi connectivity index (χ2n) is 5.29. The van der Waals surface area contributed by atoms with E-state index in [1.54, 1.807) is 0 Å². The predicted molar refractivity (Wildman–Crippen MR) is 74.8 cm³/mol. The smallest absolute Gasteiger partial charge is 0.314 e. The number of aromatic nitrogens is 4. The molecule has 20 heavy (non-hydrogen) atoms. The number of hydrogen-bond acceptors (Lipinski definition) is 3.